The fraction of sp³-hybridized carbons (Fsp3) is 0.800. The summed E-state index contributed by atoms with van der Waals surface area (Å²) in [5.74, 6) is 1.24. The summed E-state index contributed by atoms with van der Waals surface area (Å²) in [6, 6.07) is 0. The van der Waals surface area contributed by atoms with E-state index in [1.807, 2.05) is 6.92 Å². The molecular formula is C10H19N3O2. The molecule has 1 heterocycles. The van der Waals surface area contributed by atoms with E-state index in [1.165, 1.54) is 0 Å². The smallest absolute Gasteiger partial charge is 0.244 e. The maximum atomic E-state index is 5.44. The third-order valence-corrected chi connectivity index (χ3v) is 2.18. The van der Waals surface area contributed by atoms with Gasteiger partial charge in [-0.3, -0.25) is 0 Å². The van der Waals surface area contributed by atoms with Crippen LogP contribution in [0, 0.1) is 0 Å². The first-order valence-corrected chi connectivity index (χ1v) is 5.33. The summed E-state index contributed by atoms with van der Waals surface area (Å²) >= 11 is 0. The highest BCUT2D eigenvalue weighted by atomic mass is 16.5. The van der Waals surface area contributed by atoms with E-state index in [0.717, 1.165) is 25.9 Å². The van der Waals surface area contributed by atoms with Crippen LogP contribution in [0.15, 0.2) is 4.42 Å². The van der Waals surface area contributed by atoms with Crippen molar-refractivity contribution in [1.29, 1.82) is 0 Å². The molecule has 0 fully saturated rings. The van der Waals surface area contributed by atoms with Gasteiger partial charge >= 0.3 is 0 Å². The molecule has 0 amide bonds. The maximum absolute atomic E-state index is 5.44. The maximum Gasteiger partial charge on any atom is 0.244 e. The van der Waals surface area contributed by atoms with Crippen molar-refractivity contribution in [2.75, 3.05) is 20.2 Å². The Balaban J connectivity index is 2.33. The lowest BCUT2D eigenvalue weighted by atomic mass is 10.3. The molecule has 0 aliphatic rings. The minimum absolute atomic E-state index is 0.125. The van der Waals surface area contributed by atoms with E-state index < -0.39 is 0 Å². The van der Waals surface area contributed by atoms with Gasteiger partial charge in [-0.05, 0) is 26.4 Å². The largest absolute Gasteiger partial charge is 0.422 e. The fourth-order valence-corrected chi connectivity index (χ4v) is 1.17. The van der Waals surface area contributed by atoms with Gasteiger partial charge in [0.2, 0.25) is 11.8 Å². The van der Waals surface area contributed by atoms with Crippen LogP contribution in [0.2, 0.25) is 0 Å². The van der Waals surface area contributed by atoms with E-state index in [-0.39, 0.29) is 6.10 Å². The summed E-state index contributed by atoms with van der Waals surface area (Å²) in [6.45, 7) is 5.95. The van der Waals surface area contributed by atoms with Crippen LogP contribution in [0.5, 0.6) is 0 Å². The Morgan fingerprint density at radius 2 is 2.27 bits per heavy atom. The average Bonchev–Trinajstić information content (AvgIpc) is 2.72. The molecule has 15 heavy (non-hydrogen) atoms. The van der Waals surface area contributed by atoms with Gasteiger partial charge < -0.3 is 14.5 Å². The van der Waals surface area contributed by atoms with Crippen molar-refractivity contribution in [3.05, 3.63) is 11.8 Å². The first-order chi connectivity index (χ1) is 7.27. The Bertz CT molecular complexity index is 275. The molecule has 0 aliphatic carbocycles. The molecule has 0 saturated carbocycles. The number of ether oxygens (including phenoxy) is 1. The molecule has 5 nitrogen and oxygen atoms in total. The summed E-state index contributed by atoms with van der Waals surface area (Å²) in [5.41, 5.74) is 0. The lowest BCUT2D eigenvalue weighted by Gasteiger charge is -2.01. The summed E-state index contributed by atoms with van der Waals surface area (Å²) < 4.78 is 10.5. The van der Waals surface area contributed by atoms with E-state index in [9.17, 15) is 0 Å². The zero-order chi connectivity index (χ0) is 11.1. The van der Waals surface area contributed by atoms with Crippen LogP contribution in [0.1, 0.15) is 38.2 Å². The molecule has 0 aliphatic heterocycles. The molecular weight excluding hydrogens is 194 g/mol. The van der Waals surface area contributed by atoms with E-state index in [4.69, 9.17) is 9.15 Å². The van der Waals surface area contributed by atoms with E-state index >= 15 is 0 Å². The summed E-state index contributed by atoms with van der Waals surface area (Å²) in [4.78, 5) is 0. The van der Waals surface area contributed by atoms with Crippen LogP contribution in [-0.2, 0) is 11.2 Å². The molecule has 0 saturated heterocycles. The number of nitrogens with zero attached hydrogens (tertiary/aromatic N) is 2. The molecule has 0 radical (unpaired) electrons. The summed E-state index contributed by atoms with van der Waals surface area (Å²) in [5, 5.41) is 11.1. The second kappa shape index (κ2) is 6.53. The Hall–Kier alpha value is -0.940. The highest BCUT2D eigenvalue weighted by molar-refractivity contribution is 4.85. The lowest BCUT2D eigenvalue weighted by molar-refractivity contribution is 0.0935. The van der Waals surface area contributed by atoms with Crippen molar-refractivity contribution < 1.29 is 9.15 Å². The molecule has 0 spiro atoms. The second-order valence-corrected chi connectivity index (χ2v) is 3.37. The monoisotopic (exact) mass is 213 g/mol. The zero-order valence-corrected chi connectivity index (χ0v) is 9.62. The standard InChI is InChI=1S/C10H19N3O2/c1-4-11-7-5-6-9-12-13-10(15-9)8(2)14-3/h8,11H,4-7H2,1-3H3. The van der Waals surface area contributed by atoms with E-state index in [0.29, 0.717) is 11.8 Å². The van der Waals surface area contributed by atoms with Crippen LogP contribution in [0.25, 0.3) is 0 Å². The Morgan fingerprint density at radius 3 is 2.93 bits per heavy atom. The third kappa shape index (κ3) is 3.97. The van der Waals surface area contributed by atoms with E-state index in [2.05, 4.69) is 22.4 Å². The van der Waals surface area contributed by atoms with Crippen LogP contribution >= 0.6 is 0 Å². The zero-order valence-electron chi connectivity index (χ0n) is 9.62. The first kappa shape index (κ1) is 12.1. The van der Waals surface area contributed by atoms with E-state index in [1.54, 1.807) is 7.11 Å². The molecule has 0 aromatic carbocycles. The van der Waals surface area contributed by atoms with Gasteiger partial charge in [0.15, 0.2) is 0 Å². The van der Waals surface area contributed by atoms with Gasteiger partial charge in [0, 0.05) is 13.5 Å². The molecule has 1 aromatic rings. The van der Waals surface area contributed by atoms with Crippen molar-refractivity contribution in [2.45, 2.75) is 32.8 Å². The van der Waals surface area contributed by atoms with Gasteiger partial charge in [-0.1, -0.05) is 6.92 Å². The predicted molar refractivity (Wildman–Crippen MR) is 56.6 cm³/mol. The quantitative estimate of drug-likeness (QED) is 0.692. The first-order valence-electron chi connectivity index (χ1n) is 5.33. The molecule has 0 bridgehead atoms. The molecule has 1 rings (SSSR count). The second-order valence-electron chi connectivity index (χ2n) is 3.37. The van der Waals surface area contributed by atoms with Gasteiger partial charge in [-0.25, -0.2) is 0 Å². The van der Waals surface area contributed by atoms with Crippen molar-refractivity contribution in [2.24, 2.45) is 0 Å². The molecule has 86 valence electrons. The number of methoxy groups -OCH3 is 1. The van der Waals surface area contributed by atoms with Crippen LogP contribution < -0.4 is 5.32 Å². The number of aryl methyl sites for hydroxylation is 1. The normalized spacial score (nSPS) is 13.0. The minimum Gasteiger partial charge on any atom is -0.422 e. The number of hydrogen-bond donors (Lipinski definition) is 1. The molecule has 1 aromatic heterocycles. The SMILES string of the molecule is CCNCCCc1nnc(C(C)OC)o1. The van der Waals surface area contributed by atoms with Gasteiger partial charge in [-0.2, -0.15) is 0 Å². The fourth-order valence-electron chi connectivity index (χ4n) is 1.17. The van der Waals surface area contributed by atoms with Crippen LogP contribution in [0.4, 0.5) is 0 Å². The minimum atomic E-state index is -0.125. The Morgan fingerprint density at radius 1 is 1.47 bits per heavy atom. The molecule has 5 heteroatoms. The highest BCUT2D eigenvalue weighted by Crippen LogP contribution is 2.14. The topological polar surface area (TPSA) is 60.2 Å². The molecule has 1 N–H and O–H groups in total. The Labute approximate surface area is 90.2 Å². The summed E-state index contributed by atoms with van der Waals surface area (Å²) in [7, 11) is 1.62. The van der Waals surface area contributed by atoms with Crippen molar-refractivity contribution in [1.82, 2.24) is 15.5 Å². The van der Waals surface area contributed by atoms with Gasteiger partial charge in [0.25, 0.3) is 0 Å². The highest BCUT2D eigenvalue weighted by Gasteiger charge is 2.12. The predicted octanol–water partition coefficient (Wildman–Crippen LogP) is 1.32. The van der Waals surface area contributed by atoms with Crippen LogP contribution in [0.3, 0.4) is 0 Å². The number of hydrogen-bond acceptors (Lipinski definition) is 5. The average molecular weight is 213 g/mol. The lowest BCUT2D eigenvalue weighted by Crippen LogP contribution is -2.14. The summed E-state index contributed by atoms with van der Waals surface area (Å²) in [6.07, 6.45) is 1.70. The third-order valence-electron chi connectivity index (χ3n) is 2.18. The van der Waals surface area contributed by atoms with Crippen molar-refractivity contribution >= 4 is 0 Å². The number of rotatable bonds is 7. The van der Waals surface area contributed by atoms with Gasteiger partial charge in [0.05, 0.1) is 0 Å². The number of aromatic nitrogens is 2. The van der Waals surface area contributed by atoms with Crippen molar-refractivity contribution in [3.63, 3.8) is 0 Å². The molecule has 1 unspecified atom stereocenters. The number of nitrogens with one attached hydrogen (secondary N) is 1. The van der Waals surface area contributed by atoms with Crippen molar-refractivity contribution in [3.8, 4) is 0 Å². The van der Waals surface area contributed by atoms with Gasteiger partial charge in [0.1, 0.15) is 6.10 Å². The Kier molecular flexibility index (Phi) is 5.28. The molecule has 1 atom stereocenters. The van der Waals surface area contributed by atoms with Gasteiger partial charge in [-0.15, -0.1) is 10.2 Å². The van der Waals surface area contributed by atoms with Crippen LogP contribution in [-0.4, -0.2) is 30.4 Å².